The Morgan fingerprint density at radius 3 is 2.46 bits per heavy atom. The highest BCUT2D eigenvalue weighted by molar-refractivity contribution is 5.91. The van der Waals surface area contributed by atoms with E-state index >= 15 is 0 Å². The molecule has 0 saturated carbocycles. The van der Waals surface area contributed by atoms with Crippen LogP contribution in [-0.2, 0) is 15.7 Å². The average molecular weight is 375 g/mol. The minimum absolute atomic E-state index is 0.0894. The number of likely N-dealkylation sites (N-methyl/N-ethyl adjacent to an activating group) is 1. The Morgan fingerprint density at radius 2 is 1.82 bits per heavy atom. The Morgan fingerprint density at radius 1 is 1.14 bits per heavy atom. The fraction of sp³-hybridized carbons (Fsp3) is 0.320. The smallest absolute Gasteiger partial charge is 0.246 e. The van der Waals surface area contributed by atoms with Crippen LogP contribution in [0.1, 0.15) is 51.3 Å². The Labute approximate surface area is 168 Å². The average Bonchev–Trinajstić information content (AvgIpc) is 2.82. The lowest BCUT2D eigenvalue weighted by Gasteiger charge is -2.28. The molecular weight excluding hydrogens is 344 g/mol. The lowest BCUT2D eigenvalue weighted by molar-refractivity contribution is -0.118. The summed E-state index contributed by atoms with van der Waals surface area (Å²) in [6, 6.07) is 16.5. The Kier molecular flexibility index (Phi) is 4.97. The highest BCUT2D eigenvalue weighted by atomic mass is 16.1. The van der Waals surface area contributed by atoms with E-state index in [-0.39, 0.29) is 11.3 Å². The first-order valence-electron chi connectivity index (χ1n) is 9.68. The van der Waals surface area contributed by atoms with Gasteiger partial charge in [0.2, 0.25) is 5.91 Å². The summed E-state index contributed by atoms with van der Waals surface area (Å²) < 4.78 is 0. The number of benzene rings is 2. The molecule has 2 aromatic rings. The minimum Gasteiger partial charge on any atom is -0.347 e. The lowest BCUT2D eigenvalue weighted by Crippen LogP contribution is -2.41. The second-order valence-electron chi connectivity index (χ2n) is 8.71. The fourth-order valence-corrected chi connectivity index (χ4v) is 3.97. The Balaban J connectivity index is 1.87. The van der Waals surface area contributed by atoms with E-state index in [0.717, 1.165) is 28.1 Å². The third-order valence-electron chi connectivity index (χ3n) is 5.72. The van der Waals surface area contributed by atoms with Gasteiger partial charge in [0.15, 0.2) is 0 Å². The number of carbonyl (C=O) groups is 1. The number of hydrogen-bond donors (Lipinski definition) is 1. The number of para-hydroxylation sites is 1. The molecule has 2 aromatic carbocycles. The van der Waals surface area contributed by atoms with Gasteiger partial charge in [-0.25, -0.2) is 0 Å². The summed E-state index contributed by atoms with van der Waals surface area (Å²) in [7, 11) is 2.02. The number of nitrogens with one attached hydrogen (secondary N) is 1. The van der Waals surface area contributed by atoms with Crippen LogP contribution in [0, 0.1) is 0 Å². The van der Waals surface area contributed by atoms with E-state index in [2.05, 4.69) is 54.9 Å². The van der Waals surface area contributed by atoms with Crippen LogP contribution < -0.4 is 10.2 Å². The second kappa shape index (κ2) is 6.97. The van der Waals surface area contributed by atoms with Gasteiger partial charge in [0.05, 0.1) is 5.54 Å². The van der Waals surface area contributed by atoms with Gasteiger partial charge in [0.1, 0.15) is 0 Å². The lowest BCUT2D eigenvalue weighted by atomic mass is 9.83. The quantitative estimate of drug-likeness (QED) is 0.729. The van der Waals surface area contributed by atoms with Gasteiger partial charge in [-0.2, -0.15) is 0 Å². The molecule has 0 fully saturated rings. The fourth-order valence-electron chi connectivity index (χ4n) is 3.97. The molecular formula is C25H30N2O. The largest absolute Gasteiger partial charge is 0.347 e. The zero-order chi connectivity index (χ0) is 20.7. The third kappa shape index (κ3) is 3.49. The molecule has 0 aliphatic carbocycles. The van der Waals surface area contributed by atoms with Gasteiger partial charge >= 0.3 is 0 Å². The molecule has 3 nitrogen and oxygen atoms in total. The van der Waals surface area contributed by atoms with Crippen LogP contribution in [0.4, 0.5) is 5.69 Å². The molecule has 0 spiro atoms. The van der Waals surface area contributed by atoms with Gasteiger partial charge in [0, 0.05) is 29.9 Å². The summed E-state index contributed by atoms with van der Waals surface area (Å²) in [6.07, 6.45) is 1.74. The molecule has 0 bridgehead atoms. The van der Waals surface area contributed by atoms with Crippen molar-refractivity contribution in [3.8, 4) is 0 Å². The SMILES string of the molecule is C=C(C)c1cccc(C(C)(C)NC(=O)C=C2N(C)c3ccccc3C2(C)C)c1. The predicted octanol–water partition coefficient (Wildman–Crippen LogP) is 5.38. The monoisotopic (exact) mass is 374 g/mol. The second-order valence-corrected chi connectivity index (χ2v) is 8.71. The molecule has 0 saturated heterocycles. The van der Waals surface area contributed by atoms with Crippen LogP contribution in [0.2, 0.25) is 0 Å². The van der Waals surface area contributed by atoms with Crippen LogP contribution in [-0.4, -0.2) is 13.0 Å². The van der Waals surface area contributed by atoms with Crippen LogP contribution in [0.15, 0.2) is 66.9 Å². The number of amides is 1. The highest BCUT2D eigenvalue weighted by Crippen LogP contribution is 2.46. The van der Waals surface area contributed by atoms with Crippen LogP contribution in [0.5, 0.6) is 0 Å². The van der Waals surface area contributed by atoms with E-state index in [1.807, 2.05) is 52.1 Å². The van der Waals surface area contributed by atoms with Gasteiger partial charge < -0.3 is 10.2 Å². The van der Waals surface area contributed by atoms with E-state index in [1.54, 1.807) is 6.08 Å². The number of fused-ring (bicyclic) bond motifs is 1. The molecule has 3 rings (SSSR count). The topological polar surface area (TPSA) is 32.3 Å². The summed E-state index contributed by atoms with van der Waals surface area (Å²) in [5, 5.41) is 3.18. The summed E-state index contributed by atoms with van der Waals surface area (Å²) in [5.74, 6) is -0.0894. The molecule has 146 valence electrons. The van der Waals surface area contributed by atoms with E-state index in [0.29, 0.717) is 0 Å². The van der Waals surface area contributed by atoms with Gasteiger partial charge in [0.25, 0.3) is 0 Å². The molecule has 0 radical (unpaired) electrons. The number of rotatable bonds is 4. The highest BCUT2D eigenvalue weighted by Gasteiger charge is 2.38. The van der Waals surface area contributed by atoms with Gasteiger partial charge in [-0.05, 0) is 49.6 Å². The Bertz CT molecular complexity index is 966. The zero-order valence-corrected chi connectivity index (χ0v) is 17.8. The van der Waals surface area contributed by atoms with Crippen molar-refractivity contribution in [2.45, 2.75) is 45.6 Å². The first-order chi connectivity index (χ1) is 13.0. The van der Waals surface area contributed by atoms with Crippen molar-refractivity contribution >= 4 is 17.2 Å². The molecule has 1 aliphatic heterocycles. The molecule has 1 N–H and O–H groups in total. The molecule has 0 atom stereocenters. The molecule has 1 aliphatic rings. The van der Waals surface area contributed by atoms with Crippen LogP contribution in [0.3, 0.4) is 0 Å². The standard InChI is InChI=1S/C25H30N2O/c1-17(2)18-11-10-12-19(15-18)25(5,6)26-23(28)16-22-24(3,4)20-13-8-9-14-21(20)27(22)7/h8-16H,1H2,2-7H3,(H,26,28). The first kappa shape index (κ1) is 19.9. The van der Waals surface area contributed by atoms with E-state index in [9.17, 15) is 4.79 Å². The van der Waals surface area contributed by atoms with Gasteiger partial charge in [-0.1, -0.05) is 62.4 Å². The predicted molar refractivity (Wildman–Crippen MR) is 118 cm³/mol. The Hall–Kier alpha value is -2.81. The summed E-state index contributed by atoms with van der Waals surface area (Å²) in [6.45, 7) is 14.4. The minimum atomic E-state index is -0.492. The number of anilines is 1. The third-order valence-corrected chi connectivity index (χ3v) is 5.72. The normalized spacial score (nSPS) is 16.8. The summed E-state index contributed by atoms with van der Waals surface area (Å²) in [5.41, 5.74) is 5.84. The zero-order valence-electron chi connectivity index (χ0n) is 17.8. The van der Waals surface area contributed by atoms with Crippen molar-refractivity contribution in [1.29, 1.82) is 0 Å². The molecule has 1 amide bonds. The van der Waals surface area contributed by atoms with Gasteiger partial charge in [-0.15, -0.1) is 0 Å². The molecule has 28 heavy (non-hydrogen) atoms. The maximum atomic E-state index is 13.0. The van der Waals surface area contributed by atoms with E-state index < -0.39 is 5.54 Å². The van der Waals surface area contributed by atoms with Crippen molar-refractivity contribution < 1.29 is 4.79 Å². The number of allylic oxidation sites excluding steroid dienone is 2. The first-order valence-corrected chi connectivity index (χ1v) is 9.68. The maximum absolute atomic E-state index is 13.0. The van der Waals surface area contributed by atoms with Crippen molar-refractivity contribution in [3.63, 3.8) is 0 Å². The number of carbonyl (C=O) groups excluding carboxylic acids is 1. The molecule has 0 unspecified atom stereocenters. The summed E-state index contributed by atoms with van der Waals surface area (Å²) in [4.78, 5) is 15.1. The van der Waals surface area contributed by atoms with Crippen molar-refractivity contribution in [2.75, 3.05) is 11.9 Å². The van der Waals surface area contributed by atoms with Crippen LogP contribution in [0.25, 0.3) is 5.57 Å². The van der Waals surface area contributed by atoms with Crippen molar-refractivity contribution in [3.05, 3.63) is 83.6 Å². The molecule has 3 heteroatoms. The van der Waals surface area contributed by atoms with E-state index in [4.69, 9.17) is 0 Å². The van der Waals surface area contributed by atoms with Crippen molar-refractivity contribution in [1.82, 2.24) is 5.32 Å². The number of nitrogens with zero attached hydrogens (tertiary/aromatic N) is 1. The van der Waals surface area contributed by atoms with Crippen LogP contribution >= 0.6 is 0 Å². The van der Waals surface area contributed by atoms with Gasteiger partial charge in [-0.3, -0.25) is 4.79 Å². The molecule has 1 heterocycles. The van der Waals surface area contributed by atoms with Crippen molar-refractivity contribution in [2.24, 2.45) is 0 Å². The molecule has 0 aromatic heterocycles. The summed E-state index contributed by atoms with van der Waals surface area (Å²) >= 11 is 0. The number of hydrogen-bond acceptors (Lipinski definition) is 2. The van der Waals surface area contributed by atoms with E-state index in [1.165, 1.54) is 5.56 Å². The maximum Gasteiger partial charge on any atom is 0.246 e.